The quantitative estimate of drug-likeness (QED) is 0.776. The predicted molar refractivity (Wildman–Crippen MR) is 86.8 cm³/mol. The second-order valence-electron chi connectivity index (χ2n) is 5.31. The van der Waals surface area contributed by atoms with Crippen LogP contribution in [0.4, 0.5) is 4.79 Å². The highest BCUT2D eigenvalue weighted by molar-refractivity contribution is 8.23. The van der Waals surface area contributed by atoms with Gasteiger partial charge in [0.15, 0.2) is 0 Å². The number of hydrogen-bond acceptors (Lipinski definition) is 4. The van der Waals surface area contributed by atoms with Crippen molar-refractivity contribution >= 4 is 40.2 Å². The van der Waals surface area contributed by atoms with Crippen LogP contribution in [0.5, 0.6) is 0 Å². The molecule has 2 N–H and O–H groups in total. The topological polar surface area (TPSA) is 61.4 Å². The summed E-state index contributed by atoms with van der Waals surface area (Å²) >= 11 is 6.65. The van der Waals surface area contributed by atoms with Gasteiger partial charge in [0.2, 0.25) is 5.91 Å². The molecule has 0 aromatic carbocycles. The first-order valence-electron chi connectivity index (χ1n) is 6.94. The highest BCUT2D eigenvalue weighted by atomic mass is 32.2. The van der Waals surface area contributed by atoms with E-state index in [2.05, 4.69) is 15.5 Å². The lowest BCUT2D eigenvalue weighted by atomic mass is 10.2. The van der Waals surface area contributed by atoms with Crippen molar-refractivity contribution < 1.29 is 9.59 Å². The van der Waals surface area contributed by atoms with Gasteiger partial charge in [-0.3, -0.25) is 10.1 Å². The minimum atomic E-state index is -0.441. The number of hydrogen-bond donors (Lipinski definition) is 2. The zero-order chi connectivity index (χ0) is 15.1. The lowest BCUT2D eigenvalue weighted by Crippen LogP contribution is -2.44. The summed E-state index contributed by atoms with van der Waals surface area (Å²) in [5.41, 5.74) is 0. The molecule has 114 valence electrons. The zero-order valence-corrected chi connectivity index (χ0v) is 13.9. The van der Waals surface area contributed by atoms with E-state index in [0.29, 0.717) is 12.5 Å². The number of likely N-dealkylation sites (tertiary alicyclic amines) is 1. The maximum Gasteiger partial charge on any atom is 0.321 e. The van der Waals surface area contributed by atoms with Crippen LogP contribution in [0.3, 0.4) is 0 Å². The maximum atomic E-state index is 11.9. The largest absolute Gasteiger partial charge is 0.358 e. The van der Waals surface area contributed by atoms with Crippen LogP contribution in [0.15, 0.2) is 0 Å². The summed E-state index contributed by atoms with van der Waals surface area (Å²) in [6, 6.07) is -0.441. The molecule has 1 rings (SSSR count). The molecular weight excluding hydrogens is 294 g/mol. The Bertz CT molecular complexity index is 369. The van der Waals surface area contributed by atoms with Crippen molar-refractivity contribution in [1.29, 1.82) is 0 Å². The van der Waals surface area contributed by atoms with Crippen molar-refractivity contribution in [3.05, 3.63) is 0 Å². The number of urea groups is 1. The van der Waals surface area contributed by atoms with E-state index < -0.39 is 6.03 Å². The molecule has 1 aliphatic heterocycles. The Morgan fingerprint density at radius 2 is 1.85 bits per heavy atom. The molecule has 1 aliphatic rings. The molecule has 1 atom stereocenters. The van der Waals surface area contributed by atoms with Gasteiger partial charge in [0.25, 0.3) is 0 Å². The molecule has 0 aliphatic carbocycles. The monoisotopic (exact) mass is 317 g/mol. The Hall–Kier alpha value is -0.820. The number of nitrogens with one attached hydrogen (secondary N) is 2. The first-order chi connectivity index (χ1) is 9.40. The van der Waals surface area contributed by atoms with Crippen molar-refractivity contribution in [2.45, 2.75) is 38.9 Å². The number of nitrogens with zero attached hydrogens (tertiary/aromatic N) is 1. The van der Waals surface area contributed by atoms with Gasteiger partial charge in [-0.1, -0.05) is 37.8 Å². The van der Waals surface area contributed by atoms with E-state index in [-0.39, 0.29) is 11.2 Å². The Balaban J connectivity index is 2.31. The lowest BCUT2D eigenvalue weighted by molar-refractivity contribution is -0.119. The number of thiocarbonyl (C=S) groups is 1. The smallest absolute Gasteiger partial charge is 0.321 e. The molecule has 1 saturated heterocycles. The lowest BCUT2D eigenvalue weighted by Gasteiger charge is -2.20. The molecule has 1 heterocycles. The normalized spacial score (nSPS) is 16.1. The number of carbonyl (C=O) groups is 2. The van der Waals surface area contributed by atoms with Crippen molar-refractivity contribution in [1.82, 2.24) is 15.5 Å². The van der Waals surface area contributed by atoms with Gasteiger partial charge >= 0.3 is 6.03 Å². The van der Waals surface area contributed by atoms with E-state index in [4.69, 9.17) is 12.2 Å². The third-order valence-electron chi connectivity index (χ3n) is 2.92. The van der Waals surface area contributed by atoms with E-state index in [1.54, 1.807) is 6.92 Å². The molecule has 1 fully saturated rings. The minimum absolute atomic E-state index is 0.308. The summed E-state index contributed by atoms with van der Waals surface area (Å²) in [5.74, 6) is 0.0446. The van der Waals surface area contributed by atoms with Crippen LogP contribution in [-0.2, 0) is 4.79 Å². The molecule has 0 aromatic rings. The van der Waals surface area contributed by atoms with Crippen molar-refractivity contribution in [3.63, 3.8) is 0 Å². The molecule has 5 nitrogen and oxygen atoms in total. The van der Waals surface area contributed by atoms with Crippen molar-refractivity contribution in [2.75, 3.05) is 19.6 Å². The van der Waals surface area contributed by atoms with E-state index in [1.807, 2.05) is 13.8 Å². The number of thioether (sulfide) groups is 1. The Morgan fingerprint density at radius 1 is 1.25 bits per heavy atom. The van der Waals surface area contributed by atoms with Gasteiger partial charge in [0, 0.05) is 19.6 Å². The third kappa shape index (κ3) is 6.09. The zero-order valence-electron chi connectivity index (χ0n) is 12.3. The van der Waals surface area contributed by atoms with E-state index in [1.165, 1.54) is 11.8 Å². The number of carbonyl (C=O) groups excluding carboxylic acids is 2. The average Bonchev–Trinajstić information content (AvgIpc) is 2.90. The summed E-state index contributed by atoms with van der Waals surface area (Å²) in [6.45, 7) is 8.24. The predicted octanol–water partition coefficient (Wildman–Crippen LogP) is 1.97. The molecule has 0 spiro atoms. The SMILES string of the molecule is CC(C)CNC(=O)NC(=O)C(C)SC(=S)N1CCCC1. The number of rotatable bonds is 4. The molecule has 0 aromatic heterocycles. The summed E-state index contributed by atoms with van der Waals surface area (Å²) < 4.78 is 0.743. The average molecular weight is 317 g/mol. The van der Waals surface area contributed by atoms with Gasteiger partial charge in [-0.05, 0) is 25.7 Å². The summed E-state index contributed by atoms with van der Waals surface area (Å²) in [6.07, 6.45) is 2.30. The van der Waals surface area contributed by atoms with E-state index in [9.17, 15) is 9.59 Å². The van der Waals surface area contributed by atoms with Gasteiger partial charge < -0.3 is 10.2 Å². The standard InChI is InChI=1S/C13H23N3O2S2/c1-9(2)8-14-12(18)15-11(17)10(3)20-13(19)16-6-4-5-7-16/h9-10H,4-8H2,1-3H3,(H2,14,15,17,18). The fourth-order valence-electron chi connectivity index (χ4n) is 1.73. The van der Waals surface area contributed by atoms with Crippen LogP contribution in [0.2, 0.25) is 0 Å². The highest BCUT2D eigenvalue weighted by Crippen LogP contribution is 2.20. The van der Waals surface area contributed by atoms with E-state index in [0.717, 1.165) is 30.3 Å². The molecule has 1 unspecified atom stereocenters. The van der Waals surface area contributed by atoms with Crippen LogP contribution in [0.1, 0.15) is 33.6 Å². The van der Waals surface area contributed by atoms with Crippen LogP contribution in [-0.4, -0.2) is 46.0 Å². The molecule has 7 heteroatoms. The summed E-state index contributed by atoms with van der Waals surface area (Å²) in [7, 11) is 0. The summed E-state index contributed by atoms with van der Waals surface area (Å²) in [5, 5.41) is 4.63. The molecule has 20 heavy (non-hydrogen) atoms. The van der Waals surface area contributed by atoms with Crippen LogP contribution in [0.25, 0.3) is 0 Å². The molecule has 0 radical (unpaired) electrons. The van der Waals surface area contributed by atoms with Gasteiger partial charge in [0.05, 0.1) is 5.25 Å². The minimum Gasteiger partial charge on any atom is -0.358 e. The fourth-order valence-corrected chi connectivity index (χ4v) is 3.15. The first-order valence-corrected chi connectivity index (χ1v) is 8.23. The highest BCUT2D eigenvalue weighted by Gasteiger charge is 2.22. The van der Waals surface area contributed by atoms with Crippen LogP contribution < -0.4 is 10.6 Å². The van der Waals surface area contributed by atoms with Crippen LogP contribution >= 0.6 is 24.0 Å². The third-order valence-corrected chi connectivity index (χ3v) is 4.49. The molecule has 0 bridgehead atoms. The van der Waals surface area contributed by atoms with Gasteiger partial charge in [-0.2, -0.15) is 0 Å². The summed E-state index contributed by atoms with van der Waals surface area (Å²) in [4.78, 5) is 25.5. The van der Waals surface area contributed by atoms with E-state index >= 15 is 0 Å². The Kier molecular flexibility index (Phi) is 7.29. The van der Waals surface area contributed by atoms with Gasteiger partial charge in [-0.15, -0.1) is 0 Å². The first kappa shape index (κ1) is 17.2. The Morgan fingerprint density at radius 3 is 2.40 bits per heavy atom. The van der Waals surface area contributed by atoms with Gasteiger partial charge in [0.1, 0.15) is 4.32 Å². The van der Waals surface area contributed by atoms with Gasteiger partial charge in [-0.25, -0.2) is 4.79 Å². The Labute approximate surface area is 130 Å². The second-order valence-corrected chi connectivity index (χ2v) is 7.29. The number of amides is 3. The maximum absolute atomic E-state index is 11.9. The number of imide groups is 1. The molecule has 3 amide bonds. The molecule has 0 saturated carbocycles. The van der Waals surface area contributed by atoms with Crippen molar-refractivity contribution in [3.8, 4) is 0 Å². The van der Waals surface area contributed by atoms with Crippen LogP contribution in [0, 0.1) is 5.92 Å². The molecular formula is C13H23N3O2S2. The fraction of sp³-hybridized carbons (Fsp3) is 0.769. The second kappa shape index (κ2) is 8.46. The van der Waals surface area contributed by atoms with Crippen molar-refractivity contribution in [2.24, 2.45) is 5.92 Å².